The molecule has 1 aromatic carbocycles. The Morgan fingerprint density at radius 1 is 1.50 bits per heavy atom. The minimum atomic E-state index is -0.440. The van der Waals surface area contributed by atoms with Crippen LogP contribution in [0, 0.1) is 17.0 Å². The highest BCUT2D eigenvalue weighted by atomic mass is 16.6. The first-order valence-corrected chi connectivity index (χ1v) is 5.53. The number of aliphatic hydroxyl groups excluding tert-OH is 1. The first kappa shape index (κ1) is 12.3. The highest BCUT2D eigenvalue weighted by Gasteiger charge is 2.15. The molecule has 0 saturated carbocycles. The number of pyridine rings is 1. The molecule has 0 unspecified atom stereocenters. The number of nitrogens with zero attached hydrogens (tertiary/aromatic N) is 2. The number of fused-ring (bicyclic) bond motifs is 1. The van der Waals surface area contributed by atoms with Crippen LogP contribution < -0.4 is 5.32 Å². The van der Waals surface area contributed by atoms with Crippen LogP contribution in [0.3, 0.4) is 0 Å². The fraction of sp³-hybridized carbons (Fsp3) is 0.250. The van der Waals surface area contributed by atoms with Crippen LogP contribution >= 0.6 is 0 Å². The normalized spacial score (nSPS) is 10.6. The lowest BCUT2D eigenvalue weighted by atomic mass is 10.1. The van der Waals surface area contributed by atoms with Gasteiger partial charge in [0.2, 0.25) is 0 Å². The molecule has 2 N–H and O–H groups in total. The Morgan fingerprint density at radius 2 is 2.28 bits per heavy atom. The SMILES string of the molecule is Cc1cc(NCCO)c2cccc([N+](=O)[O-])c2n1. The zero-order chi connectivity index (χ0) is 13.1. The number of hydrogen-bond donors (Lipinski definition) is 2. The molecule has 0 radical (unpaired) electrons. The van der Waals surface area contributed by atoms with Gasteiger partial charge in [-0.1, -0.05) is 12.1 Å². The standard InChI is InChI=1S/C12H13N3O3/c1-8-7-10(13-5-6-16)9-3-2-4-11(15(17)18)12(9)14-8/h2-4,7,16H,5-6H2,1H3,(H,13,14). The summed E-state index contributed by atoms with van der Waals surface area (Å²) in [5.74, 6) is 0. The van der Waals surface area contributed by atoms with Crippen LogP contribution in [-0.4, -0.2) is 28.2 Å². The minimum absolute atomic E-state index is 0.00219. The van der Waals surface area contributed by atoms with Crippen molar-refractivity contribution >= 4 is 22.3 Å². The number of aryl methyl sites for hydroxylation is 1. The number of non-ortho nitro benzene ring substituents is 1. The van der Waals surface area contributed by atoms with Crippen LogP contribution in [0.1, 0.15) is 5.69 Å². The number of benzene rings is 1. The second kappa shape index (κ2) is 4.97. The maximum Gasteiger partial charge on any atom is 0.295 e. The molecule has 1 aromatic heterocycles. The van der Waals surface area contributed by atoms with Crippen LogP contribution in [0.2, 0.25) is 0 Å². The van der Waals surface area contributed by atoms with E-state index in [2.05, 4.69) is 10.3 Å². The van der Waals surface area contributed by atoms with E-state index in [1.165, 1.54) is 6.07 Å². The number of rotatable bonds is 4. The summed E-state index contributed by atoms with van der Waals surface area (Å²) < 4.78 is 0. The Hall–Kier alpha value is -2.21. The Bertz CT molecular complexity index is 598. The molecule has 6 heteroatoms. The number of para-hydroxylation sites is 1. The predicted molar refractivity (Wildman–Crippen MR) is 68.7 cm³/mol. The molecule has 0 aliphatic rings. The Kier molecular flexibility index (Phi) is 3.38. The van der Waals surface area contributed by atoms with Gasteiger partial charge in [0, 0.05) is 29.4 Å². The van der Waals surface area contributed by atoms with Crippen molar-refractivity contribution in [3.05, 3.63) is 40.1 Å². The van der Waals surface area contributed by atoms with E-state index in [1.807, 2.05) is 6.07 Å². The molecule has 0 saturated heterocycles. The molecular weight excluding hydrogens is 234 g/mol. The second-order valence-electron chi connectivity index (χ2n) is 3.89. The quantitative estimate of drug-likeness (QED) is 0.636. The molecular formula is C12H13N3O3. The van der Waals surface area contributed by atoms with Crippen LogP contribution in [0.4, 0.5) is 11.4 Å². The summed E-state index contributed by atoms with van der Waals surface area (Å²) in [7, 11) is 0. The molecule has 0 fully saturated rings. The lowest BCUT2D eigenvalue weighted by Crippen LogP contribution is -2.06. The molecule has 0 aliphatic carbocycles. The number of nitro groups is 1. The van der Waals surface area contributed by atoms with Crippen LogP contribution in [0.15, 0.2) is 24.3 Å². The lowest BCUT2D eigenvalue weighted by molar-refractivity contribution is -0.383. The molecule has 0 spiro atoms. The van der Waals surface area contributed by atoms with E-state index < -0.39 is 4.92 Å². The van der Waals surface area contributed by atoms with Crippen molar-refractivity contribution in [2.75, 3.05) is 18.5 Å². The third-order valence-electron chi connectivity index (χ3n) is 2.57. The summed E-state index contributed by atoms with van der Waals surface area (Å²) in [5, 5.41) is 23.5. The molecule has 18 heavy (non-hydrogen) atoms. The molecule has 0 bridgehead atoms. The third-order valence-corrected chi connectivity index (χ3v) is 2.57. The maximum absolute atomic E-state index is 11.0. The number of nitro benzene ring substituents is 1. The topological polar surface area (TPSA) is 88.3 Å². The van der Waals surface area contributed by atoms with Crippen LogP contribution in [0.25, 0.3) is 10.9 Å². The van der Waals surface area contributed by atoms with E-state index >= 15 is 0 Å². The van der Waals surface area contributed by atoms with Crippen molar-refractivity contribution < 1.29 is 10.0 Å². The van der Waals surface area contributed by atoms with E-state index in [1.54, 1.807) is 19.1 Å². The summed E-state index contributed by atoms with van der Waals surface area (Å²) >= 11 is 0. The van der Waals surface area contributed by atoms with E-state index in [0.29, 0.717) is 23.1 Å². The summed E-state index contributed by atoms with van der Waals surface area (Å²) in [4.78, 5) is 14.7. The molecule has 2 rings (SSSR count). The van der Waals surface area contributed by atoms with Crippen molar-refractivity contribution in [1.82, 2.24) is 4.98 Å². The first-order valence-electron chi connectivity index (χ1n) is 5.53. The molecule has 94 valence electrons. The molecule has 2 aromatic rings. The number of aromatic nitrogens is 1. The Morgan fingerprint density at radius 3 is 2.94 bits per heavy atom. The average Bonchev–Trinajstić information content (AvgIpc) is 2.34. The maximum atomic E-state index is 11.0. The van der Waals surface area contributed by atoms with Crippen molar-refractivity contribution in [3.63, 3.8) is 0 Å². The monoisotopic (exact) mass is 247 g/mol. The second-order valence-corrected chi connectivity index (χ2v) is 3.89. The zero-order valence-electron chi connectivity index (χ0n) is 9.88. The fourth-order valence-electron chi connectivity index (χ4n) is 1.85. The Labute approximate surface area is 103 Å². The Balaban J connectivity index is 2.65. The fourth-order valence-corrected chi connectivity index (χ4v) is 1.85. The average molecular weight is 247 g/mol. The van der Waals surface area contributed by atoms with Gasteiger partial charge < -0.3 is 10.4 Å². The van der Waals surface area contributed by atoms with Crippen molar-refractivity contribution in [2.45, 2.75) is 6.92 Å². The number of aliphatic hydroxyl groups is 1. The van der Waals surface area contributed by atoms with Gasteiger partial charge >= 0.3 is 0 Å². The van der Waals surface area contributed by atoms with Gasteiger partial charge in [0.05, 0.1) is 11.5 Å². The highest BCUT2D eigenvalue weighted by molar-refractivity contribution is 5.96. The summed E-state index contributed by atoms with van der Waals surface area (Å²) in [5.41, 5.74) is 1.79. The van der Waals surface area contributed by atoms with Gasteiger partial charge in [0.15, 0.2) is 5.52 Å². The van der Waals surface area contributed by atoms with E-state index in [-0.39, 0.29) is 12.3 Å². The van der Waals surface area contributed by atoms with Crippen LogP contribution in [0.5, 0.6) is 0 Å². The highest BCUT2D eigenvalue weighted by Crippen LogP contribution is 2.29. The predicted octanol–water partition coefficient (Wildman–Crippen LogP) is 1.86. The largest absolute Gasteiger partial charge is 0.395 e. The van der Waals surface area contributed by atoms with Crippen molar-refractivity contribution in [2.24, 2.45) is 0 Å². The lowest BCUT2D eigenvalue weighted by Gasteiger charge is -2.09. The van der Waals surface area contributed by atoms with Gasteiger partial charge in [0.25, 0.3) is 5.69 Å². The van der Waals surface area contributed by atoms with Crippen molar-refractivity contribution in [3.8, 4) is 0 Å². The summed E-state index contributed by atoms with van der Waals surface area (Å²) in [6.07, 6.45) is 0. The minimum Gasteiger partial charge on any atom is -0.395 e. The molecule has 0 amide bonds. The zero-order valence-corrected chi connectivity index (χ0v) is 9.88. The smallest absolute Gasteiger partial charge is 0.295 e. The van der Waals surface area contributed by atoms with E-state index in [9.17, 15) is 10.1 Å². The number of nitrogens with one attached hydrogen (secondary N) is 1. The van der Waals surface area contributed by atoms with Gasteiger partial charge in [-0.3, -0.25) is 10.1 Å². The summed E-state index contributed by atoms with van der Waals surface area (Å²) in [6.45, 7) is 2.17. The van der Waals surface area contributed by atoms with Crippen LogP contribution in [-0.2, 0) is 0 Å². The van der Waals surface area contributed by atoms with E-state index in [4.69, 9.17) is 5.11 Å². The first-order chi connectivity index (χ1) is 8.63. The number of hydrogen-bond acceptors (Lipinski definition) is 5. The van der Waals surface area contributed by atoms with Gasteiger partial charge in [-0.2, -0.15) is 0 Å². The molecule has 1 heterocycles. The van der Waals surface area contributed by atoms with Gasteiger partial charge in [-0.15, -0.1) is 0 Å². The van der Waals surface area contributed by atoms with Gasteiger partial charge in [-0.25, -0.2) is 4.98 Å². The van der Waals surface area contributed by atoms with Crippen molar-refractivity contribution in [1.29, 1.82) is 0 Å². The third kappa shape index (κ3) is 2.23. The van der Waals surface area contributed by atoms with Gasteiger partial charge in [-0.05, 0) is 13.0 Å². The molecule has 0 atom stereocenters. The van der Waals surface area contributed by atoms with Gasteiger partial charge in [0.1, 0.15) is 0 Å². The number of anilines is 1. The van der Waals surface area contributed by atoms with E-state index in [0.717, 1.165) is 5.69 Å². The summed E-state index contributed by atoms with van der Waals surface area (Å²) in [6, 6.07) is 6.64. The molecule has 0 aliphatic heterocycles. The molecule has 6 nitrogen and oxygen atoms in total.